The van der Waals surface area contributed by atoms with Crippen molar-refractivity contribution in [2.24, 2.45) is 5.41 Å². The van der Waals surface area contributed by atoms with Crippen molar-refractivity contribution in [3.8, 4) is 17.2 Å². The van der Waals surface area contributed by atoms with Crippen molar-refractivity contribution in [1.29, 1.82) is 0 Å². The largest absolute Gasteiger partial charge is 0.495 e. The van der Waals surface area contributed by atoms with Crippen molar-refractivity contribution >= 4 is 45.8 Å². The van der Waals surface area contributed by atoms with Crippen molar-refractivity contribution in [3.05, 3.63) is 78.7 Å². The van der Waals surface area contributed by atoms with Crippen LogP contribution in [0.1, 0.15) is 12.8 Å². The van der Waals surface area contributed by atoms with Gasteiger partial charge in [-0.05, 0) is 79.6 Å². The molecule has 0 unspecified atom stereocenters. The Labute approximate surface area is 234 Å². The van der Waals surface area contributed by atoms with Crippen LogP contribution < -0.4 is 30.3 Å². The molecule has 1 aromatic heterocycles. The summed E-state index contributed by atoms with van der Waals surface area (Å²) in [6, 6.07) is 17.3. The van der Waals surface area contributed by atoms with E-state index in [1.165, 1.54) is 24.3 Å². The number of amides is 4. The molecule has 10 nitrogen and oxygen atoms in total. The summed E-state index contributed by atoms with van der Waals surface area (Å²) in [5.41, 5.74) is 1.04. The van der Waals surface area contributed by atoms with Crippen LogP contribution in [0.2, 0.25) is 0 Å². The quantitative estimate of drug-likeness (QED) is 0.261. The van der Waals surface area contributed by atoms with E-state index in [0.717, 1.165) is 0 Å². The van der Waals surface area contributed by atoms with Crippen molar-refractivity contribution in [1.82, 2.24) is 10.3 Å². The van der Waals surface area contributed by atoms with Crippen LogP contribution in [0.3, 0.4) is 0 Å². The molecule has 3 aromatic carbocycles. The number of hydrogen-bond donors (Lipinski definition) is 3. The Morgan fingerprint density at radius 3 is 2.20 bits per heavy atom. The van der Waals surface area contributed by atoms with Gasteiger partial charge in [-0.1, -0.05) is 0 Å². The normalized spacial score (nSPS) is 15.3. The minimum absolute atomic E-state index is 0.191. The summed E-state index contributed by atoms with van der Waals surface area (Å²) >= 11 is 0. The number of carbonyl (C=O) groups is 3. The molecule has 4 amide bonds. The highest BCUT2D eigenvalue weighted by Crippen LogP contribution is 2.47. The van der Waals surface area contributed by atoms with Crippen LogP contribution in [0.15, 0.2) is 72.9 Å². The van der Waals surface area contributed by atoms with E-state index in [1.807, 2.05) is 0 Å². The number of urea groups is 1. The lowest BCUT2D eigenvalue weighted by atomic mass is 10.0. The molecule has 0 spiro atoms. The van der Waals surface area contributed by atoms with Gasteiger partial charge in [0.2, 0.25) is 11.8 Å². The summed E-state index contributed by atoms with van der Waals surface area (Å²) in [6.07, 6.45) is 2.48. The van der Waals surface area contributed by atoms with Gasteiger partial charge in [-0.15, -0.1) is 0 Å². The van der Waals surface area contributed by atoms with Gasteiger partial charge in [0.25, 0.3) is 0 Å². The van der Waals surface area contributed by atoms with Crippen LogP contribution in [-0.4, -0.2) is 43.0 Å². The number of carbonyl (C=O) groups excluding carboxylic acids is 3. The van der Waals surface area contributed by atoms with E-state index in [-0.39, 0.29) is 6.03 Å². The van der Waals surface area contributed by atoms with Crippen molar-refractivity contribution < 1.29 is 28.2 Å². The number of benzene rings is 3. The van der Waals surface area contributed by atoms with E-state index in [9.17, 15) is 18.8 Å². The number of aromatic nitrogens is 1. The summed E-state index contributed by atoms with van der Waals surface area (Å²) in [5.74, 6) is 0.344. The highest BCUT2D eigenvalue weighted by atomic mass is 19.1. The number of rotatable bonds is 8. The molecule has 6 rings (SSSR count). The molecule has 2 fully saturated rings. The molecule has 1 aliphatic heterocycles. The number of methoxy groups -OCH3 is 1. The fourth-order valence-corrected chi connectivity index (χ4v) is 4.75. The fourth-order valence-electron chi connectivity index (χ4n) is 4.75. The van der Waals surface area contributed by atoms with Gasteiger partial charge < -0.3 is 25.4 Å². The van der Waals surface area contributed by atoms with Gasteiger partial charge in [-0.25, -0.2) is 9.18 Å². The molecule has 2 heterocycles. The van der Waals surface area contributed by atoms with Gasteiger partial charge in [0.05, 0.1) is 18.3 Å². The van der Waals surface area contributed by atoms with Gasteiger partial charge in [-0.2, -0.15) is 0 Å². The maximum Gasteiger partial charge on any atom is 0.322 e. The third-order valence-electron chi connectivity index (χ3n) is 7.21. The predicted molar refractivity (Wildman–Crippen MR) is 151 cm³/mol. The Morgan fingerprint density at radius 1 is 0.951 bits per heavy atom. The highest BCUT2D eigenvalue weighted by Gasteiger charge is 2.56. The molecule has 1 saturated carbocycles. The third-order valence-corrected chi connectivity index (χ3v) is 7.21. The maximum absolute atomic E-state index is 13.2. The Morgan fingerprint density at radius 2 is 1.61 bits per heavy atom. The van der Waals surface area contributed by atoms with Gasteiger partial charge in [0, 0.05) is 36.0 Å². The molecule has 2 aliphatic rings. The van der Waals surface area contributed by atoms with Crippen molar-refractivity contribution in [3.63, 3.8) is 0 Å². The van der Waals surface area contributed by atoms with Gasteiger partial charge in [0.15, 0.2) is 0 Å². The third kappa shape index (κ3) is 5.09. The molecule has 1 aliphatic carbocycles. The smallest absolute Gasteiger partial charge is 0.322 e. The first-order valence-corrected chi connectivity index (χ1v) is 13.0. The van der Waals surface area contributed by atoms with Crippen LogP contribution in [-0.2, 0) is 9.59 Å². The van der Waals surface area contributed by atoms with Crippen LogP contribution in [0.4, 0.5) is 26.2 Å². The Bertz CT molecular complexity index is 1650. The second-order valence-corrected chi connectivity index (χ2v) is 9.86. The molecule has 11 heteroatoms. The molecule has 41 heavy (non-hydrogen) atoms. The van der Waals surface area contributed by atoms with Crippen LogP contribution in [0, 0.1) is 11.2 Å². The molecular formula is C30H26FN5O5. The lowest BCUT2D eigenvalue weighted by molar-refractivity contribution is -0.131. The molecule has 1 saturated heterocycles. The number of anilines is 3. The van der Waals surface area contributed by atoms with E-state index in [1.54, 1.807) is 60.7 Å². The lowest BCUT2D eigenvalue weighted by Gasteiger charge is -2.19. The average molecular weight is 556 g/mol. The number of nitrogens with one attached hydrogen (secondary N) is 3. The van der Waals surface area contributed by atoms with Crippen LogP contribution >= 0.6 is 0 Å². The monoisotopic (exact) mass is 555 g/mol. The minimum Gasteiger partial charge on any atom is -0.495 e. The van der Waals surface area contributed by atoms with Crippen molar-refractivity contribution in [2.45, 2.75) is 12.8 Å². The average Bonchev–Trinajstić information content (AvgIpc) is 3.69. The standard InChI is InChI=1S/C30H26FN5O5/c1-40-26-16-22-23(17-24(26)36-15-14-33-29(36)39)32-13-10-25(22)41-21-8-6-20(7-9-21)35-28(38)30(11-12-30)27(37)34-19-4-2-18(31)3-5-19/h2-10,13,16-17H,11-12,14-15H2,1H3,(H,33,39)(H,34,37)(H,35,38). The Hall–Kier alpha value is -5.19. The SMILES string of the molecule is COc1cc2c(Oc3ccc(NC(=O)C4(C(=O)Nc5ccc(F)cc5)CC4)cc3)ccnc2cc1N1CCNC1=O. The number of fused-ring (bicyclic) bond motifs is 1. The van der Waals surface area contributed by atoms with Crippen LogP contribution in [0.25, 0.3) is 10.9 Å². The molecule has 3 N–H and O–H groups in total. The molecule has 208 valence electrons. The summed E-state index contributed by atoms with van der Waals surface area (Å²) < 4.78 is 24.9. The van der Waals surface area contributed by atoms with E-state index in [4.69, 9.17) is 9.47 Å². The Kier molecular flexibility index (Phi) is 6.62. The zero-order chi connectivity index (χ0) is 28.6. The highest BCUT2D eigenvalue weighted by molar-refractivity contribution is 6.17. The minimum atomic E-state index is -1.16. The number of nitrogens with zero attached hydrogens (tertiary/aromatic N) is 2. The van der Waals surface area contributed by atoms with Gasteiger partial charge >= 0.3 is 6.03 Å². The number of halogens is 1. The summed E-state index contributed by atoms with van der Waals surface area (Å²) in [7, 11) is 1.54. The molecular weight excluding hydrogens is 529 g/mol. The van der Waals surface area contributed by atoms with Gasteiger partial charge in [0.1, 0.15) is 28.5 Å². The molecule has 0 atom stereocenters. The number of ether oxygens (including phenoxy) is 2. The maximum atomic E-state index is 13.2. The fraction of sp³-hybridized carbons (Fsp3) is 0.200. The van der Waals surface area contributed by atoms with Gasteiger partial charge in [-0.3, -0.25) is 19.5 Å². The van der Waals surface area contributed by atoms with E-state index in [2.05, 4.69) is 20.9 Å². The molecule has 0 bridgehead atoms. The summed E-state index contributed by atoms with van der Waals surface area (Å²) in [5, 5.41) is 9.00. The number of hydrogen-bond acceptors (Lipinski definition) is 6. The zero-order valence-electron chi connectivity index (χ0n) is 22.1. The predicted octanol–water partition coefficient (Wildman–Crippen LogP) is 5.06. The van der Waals surface area contributed by atoms with Crippen molar-refractivity contribution in [2.75, 3.05) is 35.7 Å². The topological polar surface area (TPSA) is 122 Å². The Balaban J connectivity index is 1.15. The van der Waals surface area contributed by atoms with Crippen LogP contribution in [0.5, 0.6) is 17.2 Å². The van der Waals surface area contributed by atoms with E-state index >= 15 is 0 Å². The molecule has 0 radical (unpaired) electrons. The zero-order valence-corrected chi connectivity index (χ0v) is 22.1. The number of pyridine rings is 1. The first-order chi connectivity index (χ1) is 19.9. The molecule has 4 aromatic rings. The van der Waals surface area contributed by atoms with E-state index in [0.29, 0.717) is 71.1 Å². The summed E-state index contributed by atoms with van der Waals surface area (Å²) in [4.78, 5) is 44.1. The first kappa shape index (κ1) is 26.1. The van der Waals surface area contributed by atoms with E-state index < -0.39 is 23.0 Å². The second kappa shape index (κ2) is 10.4. The first-order valence-electron chi connectivity index (χ1n) is 13.0. The second-order valence-electron chi connectivity index (χ2n) is 9.86. The lowest BCUT2D eigenvalue weighted by Crippen LogP contribution is -2.35. The summed E-state index contributed by atoms with van der Waals surface area (Å²) in [6.45, 7) is 1.08.